The number of benzene rings is 2. The maximum Gasteiger partial charge on any atom is 0.354 e. The minimum absolute atomic E-state index is 0.00296. The van der Waals surface area contributed by atoms with E-state index in [4.69, 9.17) is 23.2 Å². The third kappa shape index (κ3) is 5.31. The van der Waals surface area contributed by atoms with Gasteiger partial charge in [-0.05, 0) is 42.0 Å². The average molecular weight is 433 g/mol. The lowest BCUT2D eigenvalue weighted by Gasteiger charge is -2.11. The molecule has 0 saturated carbocycles. The Bertz CT molecular complexity index is 1030. The smallest absolute Gasteiger partial charge is 0.354 e. The lowest BCUT2D eigenvalue weighted by atomic mass is 10.2. The van der Waals surface area contributed by atoms with Crippen molar-refractivity contribution in [1.29, 1.82) is 0 Å². The summed E-state index contributed by atoms with van der Waals surface area (Å²) in [6.07, 6.45) is 1.15. The number of carbonyl (C=O) groups is 1. The van der Waals surface area contributed by atoms with Gasteiger partial charge >= 0.3 is 5.69 Å². The monoisotopic (exact) mass is 432 g/mol. The van der Waals surface area contributed by atoms with Crippen LogP contribution in [-0.2, 0) is 6.54 Å². The van der Waals surface area contributed by atoms with Crippen molar-refractivity contribution in [2.45, 2.75) is 6.54 Å². The van der Waals surface area contributed by atoms with Gasteiger partial charge in [0.05, 0.1) is 4.92 Å². The van der Waals surface area contributed by atoms with E-state index in [-0.39, 0.29) is 18.2 Å². The highest BCUT2D eigenvalue weighted by Crippen LogP contribution is 2.28. The molecule has 2 aromatic carbocycles. The molecule has 1 amide bonds. The molecule has 0 aliphatic heterocycles. The van der Waals surface area contributed by atoms with E-state index in [1.165, 1.54) is 12.1 Å². The third-order valence-corrected chi connectivity index (χ3v) is 4.28. The molecule has 1 heterocycles. The van der Waals surface area contributed by atoms with Gasteiger partial charge in [-0.25, -0.2) is 9.97 Å². The van der Waals surface area contributed by atoms with Crippen LogP contribution in [0.4, 0.5) is 17.3 Å². The summed E-state index contributed by atoms with van der Waals surface area (Å²) in [4.78, 5) is 30.9. The Balaban J connectivity index is 1.73. The molecule has 0 atom stereocenters. The van der Waals surface area contributed by atoms with E-state index in [1.54, 1.807) is 36.4 Å². The number of aromatic nitrogens is 2. The predicted molar refractivity (Wildman–Crippen MR) is 110 cm³/mol. The first-order chi connectivity index (χ1) is 13.9. The number of nitrogens with one attached hydrogen (secondary N) is 3. The fourth-order valence-electron chi connectivity index (χ4n) is 2.35. The highest BCUT2D eigenvalue weighted by molar-refractivity contribution is 6.30. The Labute approximate surface area is 175 Å². The fourth-order valence-corrected chi connectivity index (χ4v) is 2.60. The maximum absolute atomic E-state index is 12.2. The summed E-state index contributed by atoms with van der Waals surface area (Å²) in [5.41, 5.74) is 5.61. The molecule has 3 aromatic rings. The van der Waals surface area contributed by atoms with Crippen molar-refractivity contribution in [3.05, 3.63) is 86.1 Å². The third-order valence-electron chi connectivity index (χ3n) is 3.78. The Hall–Kier alpha value is -3.43. The Morgan fingerprint density at radius 2 is 1.55 bits per heavy atom. The topological polar surface area (TPSA) is 122 Å². The Morgan fingerprint density at radius 3 is 2.17 bits per heavy atom. The molecule has 148 valence electrons. The van der Waals surface area contributed by atoms with Crippen LogP contribution in [0.1, 0.15) is 15.9 Å². The Kier molecular flexibility index (Phi) is 6.43. The standard InChI is InChI=1S/C18H14Cl2N6O3/c19-13-5-1-11(2-6-13)9-21-16-15(26(28)29)17(23-10-22-16)24-25-18(27)12-3-7-14(20)8-4-12/h1-8,10H,9H2,(H,25,27)(H2,21,22,23,24). The van der Waals surface area contributed by atoms with Crippen LogP contribution < -0.4 is 16.2 Å². The highest BCUT2D eigenvalue weighted by atomic mass is 35.5. The van der Waals surface area contributed by atoms with Crippen LogP contribution in [0.5, 0.6) is 0 Å². The molecule has 0 unspecified atom stereocenters. The van der Waals surface area contributed by atoms with Crippen molar-refractivity contribution in [3.8, 4) is 0 Å². The van der Waals surface area contributed by atoms with E-state index in [1.807, 2.05) is 0 Å². The molecule has 9 nitrogen and oxygen atoms in total. The fraction of sp³-hybridized carbons (Fsp3) is 0.0556. The zero-order valence-electron chi connectivity index (χ0n) is 14.7. The first kappa shape index (κ1) is 20.3. The summed E-state index contributed by atoms with van der Waals surface area (Å²) in [7, 11) is 0. The summed E-state index contributed by atoms with van der Waals surface area (Å²) in [5.74, 6) is -0.667. The van der Waals surface area contributed by atoms with Crippen molar-refractivity contribution >= 4 is 46.4 Å². The molecule has 11 heteroatoms. The number of halogens is 2. The van der Waals surface area contributed by atoms with E-state index < -0.39 is 16.5 Å². The number of anilines is 2. The second-order valence-electron chi connectivity index (χ2n) is 5.74. The van der Waals surface area contributed by atoms with Crippen molar-refractivity contribution in [2.24, 2.45) is 0 Å². The van der Waals surface area contributed by atoms with Crippen LogP contribution in [0, 0.1) is 10.1 Å². The molecular formula is C18H14Cl2N6O3. The van der Waals surface area contributed by atoms with Crippen molar-refractivity contribution in [3.63, 3.8) is 0 Å². The van der Waals surface area contributed by atoms with Crippen LogP contribution in [0.25, 0.3) is 0 Å². The first-order valence-electron chi connectivity index (χ1n) is 8.23. The number of hydrogen-bond donors (Lipinski definition) is 3. The molecule has 1 aromatic heterocycles. The van der Waals surface area contributed by atoms with Crippen LogP contribution >= 0.6 is 23.2 Å². The number of carbonyl (C=O) groups excluding carboxylic acids is 1. The van der Waals surface area contributed by atoms with Crippen LogP contribution in [0.15, 0.2) is 54.9 Å². The maximum atomic E-state index is 12.2. The van der Waals surface area contributed by atoms with E-state index in [9.17, 15) is 14.9 Å². The lowest BCUT2D eigenvalue weighted by molar-refractivity contribution is -0.383. The highest BCUT2D eigenvalue weighted by Gasteiger charge is 2.23. The van der Waals surface area contributed by atoms with E-state index in [0.29, 0.717) is 15.6 Å². The van der Waals surface area contributed by atoms with Crippen molar-refractivity contribution in [1.82, 2.24) is 15.4 Å². The number of nitro groups is 1. The molecule has 0 spiro atoms. The number of nitrogens with zero attached hydrogens (tertiary/aromatic N) is 3. The van der Waals surface area contributed by atoms with Gasteiger partial charge in [-0.1, -0.05) is 35.3 Å². The van der Waals surface area contributed by atoms with Gasteiger partial charge in [0.2, 0.25) is 11.6 Å². The zero-order valence-corrected chi connectivity index (χ0v) is 16.2. The summed E-state index contributed by atoms with van der Waals surface area (Å²) >= 11 is 11.6. The summed E-state index contributed by atoms with van der Waals surface area (Å²) < 4.78 is 0. The molecule has 29 heavy (non-hydrogen) atoms. The molecule has 0 aliphatic rings. The number of hydrazine groups is 1. The van der Waals surface area contributed by atoms with Gasteiger partial charge in [0.1, 0.15) is 6.33 Å². The van der Waals surface area contributed by atoms with Crippen LogP contribution in [0.3, 0.4) is 0 Å². The zero-order chi connectivity index (χ0) is 20.8. The van der Waals surface area contributed by atoms with Gasteiger partial charge < -0.3 is 5.32 Å². The van der Waals surface area contributed by atoms with Gasteiger partial charge in [0, 0.05) is 22.2 Å². The quantitative estimate of drug-likeness (QED) is 0.379. The number of rotatable bonds is 7. The van der Waals surface area contributed by atoms with Crippen LogP contribution in [0.2, 0.25) is 10.0 Å². The first-order valence-corrected chi connectivity index (χ1v) is 8.99. The molecule has 0 radical (unpaired) electrons. The lowest BCUT2D eigenvalue weighted by Crippen LogP contribution is -2.30. The second-order valence-corrected chi connectivity index (χ2v) is 6.62. The molecule has 0 fully saturated rings. The van der Waals surface area contributed by atoms with Crippen LogP contribution in [-0.4, -0.2) is 20.8 Å². The van der Waals surface area contributed by atoms with E-state index >= 15 is 0 Å². The molecule has 0 bridgehead atoms. The van der Waals surface area contributed by atoms with Gasteiger partial charge in [0.25, 0.3) is 5.91 Å². The largest absolute Gasteiger partial charge is 0.360 e. The molecule has 3 rings (SSSR count). The van der Waals surface area contributed by atoms with E-state index in [2.05, 4.69) is 26.1 Å². The second kappa shape index (κ2) is 9.18. The Morgan fingerprint density at radius 1 is 0.966 bits per heavy atom. The average Bonchev–Trinajstić information content (AvgIpc) is 2.72. The van der Waals surface area contributed by atoms with Gasteiger partial charge in [-0.3, -0.25) is 25.8 Å². The SMILES string of the molecule is O=C(NNc1ncnc(NCc2ccc(Cl)cc2)c1[N+](=O)[O-])c1ccc(Cl)cc1. The van der Waals surface area contributed by atoms with Crippen molar-refractivity contribution < 1.29 is 9.72 Å². The molecule has 0 saturated heterocycles. The molecular weight excluding hydrogens is 419 g/mol. The molecule has 3 N–H and O–H groups in total. The van der Waals surface area contributed by atoms with Gasteiger partial charge in [-0.15, -0.1) is 0 Å². The van der Waals surface area contributed by atoms with Crippen molar-refractivity contribution in [2.75, 3.05) is 10.7 Å². The summed E-state index contributed by atoms with van der Waals surface area (Å²) in [5, 5.41) is 15.5. The summed E-state index contributed by atoms with van der Waals surface area (Å²) in [6, 6.07) is 13.2. The minimum Gasteiger partial charge on any atom is -0.360 e. The van der Waals surface area contributed by atoms with Gasteiger partial charge in [0.15, 0.2) is 0 Å². The number of hydrogen-bond acceptors (Lipinski definition) is 7. The minimum atomic E-state index is -0.638. The predicted octanol–water partition coefficient (Wildman–Crippen LogP) is 4.06. The normalized spacial score (nSPS) is 10.3. The van der Waals surface area contributed by atoms with Gasteiger partial charge in [-0.2, -0.15) is 0 Å². The number of amides is 1. The summed E-state index contributed by atoms with van der Waals surface area (Å²) in [6.45, 7) is 0.283. The van der Waals surface area contributed by atoms with E-state index in [0.717, 1.165) is 11.9 Å². The molecule has 0 aliphatic carbocycles.